The van der Waals surface area contributed by atoms with Gasteiger partial charge in [-0.25, -0.2) is 4.79 Å². The van der Waals surface area contributed by atoms with Crippen molar-refractivity contribution >= 4 is 45.0 Å². The lowest BCUT2D eigenvalue weighted by Gasteiger charge is -2.02. The molecule has 25 heavy (non-hydrogen) atoms. The van der Waals surface area contributed by atoms with Gasteiger partial charge in [-0.1, -0.05) is 12.1 Å². The first-order valence-corrected chi connectivity index (χ1v) is 8.05. The molecule has 0 aliphatic rings. The Bertz CT molecular complexity index is 1090. The summed E-state index contributed by atoms with van der Waals surface area (Å²) in [6, 6.07) is 12.6. The Morgan fingerprint density at radius 2 is 2.12 bits per heavy atom. The number of hydrogen-bond donors (Lipinski definition) is 3. The summed E-state index contributed by atoms with van der Waals surface area (Å²) < 4.78 is 5.26. The van der Waals surface area contributed by atoms with Crippen molar-refractivity contribution in [3.63, 3.8) is 0 Å². The van der Waals surface area contributed by atoms with Crippen LogP contribution in [0, 0.1) is 0 Å². The van der Waals surface area contributed by atoms with Crippen LogP contribution in [0.4, 0.5) is 21.3 Å². The van der Waals surface area contributed by atoms with E-state index >= 15 is 0 Å². The van der Waals surface area contributed by atoms with Crippen LogP contribution >= 0.6 is 11.5 Å². The standard InChI is InChI=1S/C16H12N6O2S/c17-11-3-1-2-9(6-11)14-20-15(25-21-14)19-12-4-5-13-10(7-12)8-18-22(13)16(23)24/h1-8H,17H2,(H,23,24)(H,19,20,21). The molecule has 2 aromatic carbocycles. The molecule has 0 bridgehead atoms. The molecule has 4 N–H and O–H groups in total. The molecule has 124 valence electrons. The molecule has 4 rings (SSSR count). The van der Waals surface area contributed by atoms with Crippen molar-refractivity contribution in [2.24, 2.45) is 0 Å². The molecule has 8 nitrogen and oxygen atoms in total. The van der Waals surface area contributed by atoms with Crippen molar-refractivity contribution in [1.82, 2.24) is 19.1 Å². The van der Waals surface area contributed by atoms with E-state index in [2.05, 4.69) is 19.8 Å². The lowest BCUT2D eigenvalue weighted by molar-refractivity contribution is 0.194. The van der Waals surface area contributed by atoms with Gasteiger partial charge in [0.2, 0.25) is 5.13 Å². The maximum atomic E-state index is 11.1. The molecule has 0 saturated heterocycles. The van der Waals surface area contributed by atoms with Gasteiger partial charge < -0.3 is 16.2 Å². The van der Waals surface area contributed by atoms with Gasteiger partial charge in [0.05, 0.1) is 11.7 Å². The van der Waals surface area contributed by atoms with Crippen LogP contribution in [0.15, 0.2) is 48.7 Å². The highest BCUT2D eigenvalue weighted by Gasteiger charge is 2.10. The lowest BCUT2D eigenvalue weighted by Crippen LogP contribution is -2.08. The second-order valence-corrected chi connectivity index (χ2v) is 6.04. The Labute approximate surface area is 145 Å². The first-order chi connectivity index (χ1) is 12.1. The molecule has 0 atom stereocenters. The molecule has 2 aromatic heterocycles. The number of rotatable bonds is 3. The van der Waals surface area contributed by atoms with Gasteiger partial charge in [-0.15, -0.1) is 0 Å². The number of nitrogen functional groups attached to an aromatic ring is 1. The van der Waals surface area contributed by atoms with Gasteiger partial charge in [0.15, 0.2) is 5.82 Å². The highest BCUT2D eigenvalue weighted by Crippen LogP contribution is 2.26. The molecule has 4 aromatic rings. The zero-order valence-electron chi connectivity index (χ0n) is 12.7. The quantitative estimate of drug-likeness (QED) is 0.483. The summed E-state index contributed by atoms with van der Waals surface area (Å²) in [5, 5.41) is 17.4. The fourth-order valence-electron chi connectivity index (χ4n) is 2.46. The molecule has 0 radical (unpaired) electrons. The summed E-state index contributed by atoms with van der Waals surface area (Å²) in [5.41, 5.74) is 8.58. The average Bonchev–Trinajstić information content (AvgIpc) is 3.21. The molecule has 0 spiro atoms. The van der Waals surface area contributed by atoms with Crippen LogP contribution in [0.3, 0.4) is 0 Å². The smallest absolute Gasteiger partial charge is 0.432 e. The van der Waals surface area contributed by atoms with Crippen LogP contribution in [-0.4, -0.2) is 30.3 Å². The summed E-state index contributed by atoms with van der Waals surface area (Å²) in [7, 11) is 0. The van der Waals surface area contributed by atoms with Gasteiger partial charge in [-0.2, -0.15) is 19.1 Å². The maximum Gasteiger partial charge on any atom is 0.432 e. The van der Waals surface area contributed by atoms with E-state index in [1.54, 1.807) is 12.1 Å². The topological polar surface area (TPSA) is 119 Å². The number of hydrogen-bond acceptors (Lipinski definition) is 7. The van der Waals surface area contributed by atoms with Gasteiger partial charge in [0.1, 0.15) is 0 Å². The molecular formula is C16H12N6O2S. The predicted molar refractivity (Wildman–Crippen MR) is 96.2 cm³/mol. The van der Waals surface area contributed by atoms with Gasteiger partial charge in [-0.3, -0.25) is 0 Å². The molecule has 0 aliphatic carbocycles. The first-order valence-electron chi connectivity index (χ1n) is 7.28. The van der Waals surface area contributed by atoms with Gasteiger partial charge >= 0.3 is 6.09 Å². The number of nitrogens with two attached hydrogens (primary N) is 1. The molecule has 0 amide bonds. The second-order valence-electron chi connectivity index (χ2n) is 5.29. The SMILES string of the molecule is Nc1cccc(-c2nsc(Nc3ccc4c(cnn4C(=O)O)c3)n2)c1. The Balaban J connectivity index is 1.60. The second kappa shape index (κ2) is 5.87. The Hall–Kier alpha value is -3.46. The third-order valence-corrected chi connectivity index (χ3v) is 4.20. The van der Waals surface area contributed by atoms with E-state index in [0.717, 1.165) is 15.9 Å². The minimum atomic E-state index is -1.12. The molecule has 0 unspecified atom stereocenters. The highest BCUT2D eigenvalue weighted by atomic mass is 32.1. The summed E-state index contributed by atoms with van der Waals surface area (Å²) in [6.07, 6.45) is 0.388. The number of benzene rings is 2. The van der Waals surface area contributed by atoms with Crippen molar-refractivity contribution in [2.45, 2.75) is 0 Å². The van der Waals surface area contributed by atoms with E-state index in [0.29, 0.717) is 27.5 Å². The summed E-state index contributed by atoms with van der Waals surface area (Å²) in [6.45, 7) is 0. The van der Waals surface area contributed by atoms with E-state index in [4.69, 9.17) is 10.8 Å². The van der Waals surface area contributed by atoms with Crippen LogP contribution in [0.5, 0.6) is 0 Å². The number of aromatic nitrogens is 4. The van der Waals surface area contributed by atoms with Crippen molar-refractivity contribution in [3.05, 3.63) is 48.7 Å². The molecular weight excluding hydrogens is 340 g/mol. The largest absolute Gasteiger partial charge is 0.463 e. The molecule has 9 heteroatoms. The van der Waals surface area contributed by atoms with E-state index in [9.17, 15) is 4.79 Å². The monoisotopic (exact) mass is 352 g/mol. The average molecular weight is 352 g/mol. The number of nitrogens with zero attached hydrogens (tertiary/aromatic N) is 4. The number of carbonyl (C=O) groups is 1. The minimum absolute atomic E-state index is 0.524. The van der Waals surface area contributed by atoms with Crippen LogP contribution in [0.2, 0.25) is 0 Å². The normalized spacial score (nSPS) is 10.9. The minimum Gasteiger partial charge on any atom is -0.463 e. The zero-order valence-corrected chi connectivity index (χ0v) is 13.6. The molecule has 0 aliphatic heterocycles. The Morgan fingerprint density at radius 1 is 1.24 bits per heavy atom. The van der Waals surface area contributed by atoms with Crippen LogP contribution in [0.25, 0.3) is 22.3 Å². The highest BCUT2D eigenvalue weighted by molar-refractivity contribution is 7.09. The van der Waals surface area contributed by atoms with Crippen LogP contribution in [-0.2, 0) is 0 Å². The van der Waals surface area contributed by atoms with E-state index in [1.807, 2.05) is 30.3 Å². The summed E-state index contributed by atoms with van der Waals surface area (Å²) >= 11 is 1.23. The van der Waals surface area contributed by atoms with E-state index < -0.39 is 6.09 Å². The van der Waals surface area contributed by atoms with Crippen molar-refractivity contribution in [1.29, 1.82) is 0 Å². The molecule has 0 fully saturated rings. The molecule has 2 heterocycles. The predicted octanol–water partition coefficient (Wildman–Crippen LogP) is 3.41. The fourth-order valence-corrected chi connectivity index (χ4v) is 3.07. The maximum absolute atomic E-state index is 11.1. The molecule has 0 saturated carbocycles. The van der Waals surface area contributed by atoms with Crippen molar-refractivity contribution in [3.8, 4) is 11.4 Å². The van der Waals surface area contributed by atoms with Gasteiger partial charge in [0, 0.05) is 33.9 Å². The number of carboxylic acid groups (broad SMARTS) is 1. The number of anilines is 3. The van der Waals surface area contributed by atoms with Crippen LogP contribution in [0.1, 0.15) is 0 Å². The van der Waals surface area contributed by atoms with E-state index in [-0.39, 0.29) is 0 Å². The summed E-state index contributed by atoms with van der Waals surface area (Å²) in [4.78, 5) is 15.5. The number of fused-ring (bicyclic) bond motifs is 1. The number of nitrogens with one attached hydrogen (secondary N) is 1. The van der Waals surface area contributed by atoms with Gasteiger partial charge in [-0.05, 0) is 30.3 Å². The first kappa shape index (κ1) is 15.1. The summed E-state index contributed by atoms with van der Waals surface area (Å²) in [5.74, 6) is 0.597. The van der Waals surface area contributed by atoms with Crippen LogP contribution < -0.4 is 11.1 Å². The van der Waals surface area contributed by atoms with E-state index in [1.165, 1.54) is 17.7 Å². The third kappa shape index (κ3) is 2.88. The lowest BCUT2D eigenvalue weighted by atomic mass is 10.2. The van der Waals surface area contributed by atoms with Crippen molar-refractivity contribution < 1.29 is 9.90 Å². The van der Waals surface area contributed by atoms with Gasteiger partial charge in [0.25, 0.3) is 0 Å². The Morgan fingerprint density at radius 3 is 2.92 bits per heavy atom. The third-order valence-electron chi connectivity index (χ3n) is 3.57. The Kier molecular flexibility index (Phi) is 3.55. The zero-order chi connectivity index (χ0) is 17.4. The fraction of sp³-hybridized carbons (Fsp3) is 0. The van der Waals surface area contributed by atoms with Crippen molar-refractivity contribution in [2.75, 3.05) is 11.1 Å².